The number of para-hydroxylation sites is 1. The molecular weight excluding hydrogens is 380 g/mol. The molecule has 1 fully saturated rings. The highest BCUT2D eigenvalue weighted by Gasteiger charge is 2.19. The van der Waals surface area contributed by atoms with Crippen molar-refractivity contribution in [2.24, 2.45) is 0 Å². The van der Waals surface area contributed by atoms with Gasteiger partial charge in [0.15, 0.2) is 11.6 Å². The molecule has 9 nitrogen and oxygen atoms in total. The number of benzene rings is 1. The summed E-state index contributed by atoms with van der Waals surface area (Å²) >= 11 is 0. The van der Waals surface area contributed by atoms with Crippen LogP contribution in [0.25, 0.3) is 16.7 Å². The van der Waals surface area contributed by atoms with E-state index >= 15 is 0 Å². The van der Waals surface area contributed by atoms with E-state index in [1.54, 1.807) is 10.7 Å². The SMILES string of the molecule is Cc1ccn(-c2ccc(N3CCN(Cc4nc5ccccc5c(=O)[nH]4)CC3)nn2)n1. The standard InChI is InChI=1S/C21H22N8O/c1-15-8-9-29(26-15)20-7-6-19(24-25-20)28-12-10-27(11-13-28)14-18-22-17-5-3-2-4-16(17)21(30)23-18/h2-9H,10-14H2,1H3,(H,22,23,30). The van der Waals surface area contributed by atoms with Gasteiger partial charge in [-0.25, -0.2) is 9.67 Å². The number of aromatic amines is 1. The predicted molar refractivity (Wildman–Crippen MR) is 114 cm³/mol. The topological polar surface area (TPSA) is 95.8 Å². The summed E-state index contributed by atoms with van der Waals surface area (Å²) in [6, 6.07) is 13.3. The summed E-state index contributed by atoms with van der Waals surface area (Å²) < 4.78 is 1.72. The van der Waals surface area contributed by atoms with Crippen molar-refractivity contribution in [3.05, 3.63) is 70.5 Å². The number of nitrogens with one attached hydrogen (secondary N) is 1. The highest BCUT2D eigenvalue weighted by Crippen LogP contribution is 2.15. The van der Waals surface area contributed by atoms with E-state index in [4.69, 9.17) is 0 Å². The van der Waals surface area contributed by atoms with Gasteiger partial charge in [0, 0.05) is 32.4 Å². The Morgan fingerprint density at radius 2 is 1.73 bits per heavy atom. The second-order valence-corrected chi connectivity index (χ2v) is 7.44. The number of hydrogen-bond donors (Lipinski definition) is 1. The third-order valence-corrected chi connectivity index (χ3v) is 5.33. The van der Waals surface area contributed by atoms with Gasteiger partial charge in [-0.3, -0.25) is 9.69 Å². The van der Waals surface area contributed by atoms with Gasteiger partial charge in [0.2, 0.25) is 0 Å². The van der Waals surface area contributed by atoms with Gasteiger partial charge in [0.25, 0.3) is 5.56 Å². The molecule has 0 spiro atoms. The third-order valence-electron chi connectivity index (χ3n) is 5.33. The lowest BCUT2D eigenvalue weighted by atomic mass is 10.2. The van der Waals surface area contributed by atoms with Crippen molar-refractivity contribution in [3.8, 4) is 5.82 Å². The summed E-state index contributed by atoms with van der Waals surface area (Å²) in [5.41, 5.74) is 1.59. The van der Waals surface area contributed by atoms with Crippen LogP contribution in [-0.2, 0) is 6.54 Å². The van der Waals surface area contributed by atoms with Crippen LogP contribution in [0.5, 0.6) is 0 Å². The minimum Gasteiger partial charge on any atom is -0.353 e. The molecule has 1 saturated heterocycles. The van der Waals surface area contributed by atoms with E-state index in [1.807, 2.05) is 49.5 Å². The fourth-order valence-electron chi connectivity index (χ4n) is 3.71. The molecule has 0 saturated carbocycles. The molecule has 4 aromatic rings. The van der Waals surface area contributed by atoms with Crippen LogP contribution in [0.4, 0.5) is 5.82 Å². The van der Waals surface area contributed by atoms with E-state index in [2.05, 4.69) is 35.1 Å². The molecule has 5 rings (SSSR count). The van der Waals surface area contributed by atoms with Crippen molar-refractivity contribution < 1.29 is 0 Å². The zero-order valence-electron chi connectivity index (χ0n) is 16.7. The summed E-state index contributed by atoms with van der Waals surface area (Å²) in [6.07, 6.45) is 1.88. The molecule has 0 unspecified atom stereocenters. The Balaban J connectivity index is 1.23. The fraction of sp³-hybridized carbons (Fsp3) is 0.286. The number of fused-ring (bicyclic) bond motifs is 1. The molecule has 30 heavy (non-hydrogen) atoms. The van der Waals surface area contributed by atoms with Crippen molar-refractivity contribution in [1.29, 1.82) is 0 Å². The summed E-state index contributed by atoms with van der Waals surface area (Å²) in [5.74, 6) is 2.27. The van der Waals surface area contributed by atoms with Gasteiger partial charge >= 0.3 is 0 Å². The summed E-state index contributed by atoms with van der Waals surface area (Å²) in [7, 11) is 0. The van der Waals surface area contributed by atoms with Crippen LogP contribution in [-0.4, -0.2) is 61.0 Å². The van der Waals surface area contributed by atoms with Gasteiger partial charge in [0.05, 0.1) is 23.1 Å². The molecular formula is C21H22N8O. The molecule has 4 heterocycles. The van der Waals surface area contributed by atoms with Crippen LogP contribution in [0.3, 0.4) is 0 Å². The smallest absolute Gasteiger partial charge is 0.258 e. The molecule has 0 amide bonds. The van der Waals surface area contributed by atoms with Crippen molar-refractivity contribution in [2.45, 2.75) is 13.5 Å². The lowest BCUT2D eigenvalue weighted by molar-refractivity contribution is 0.243. The zero-order valence-corrected chi connectivity index (χ0v) is 16.7. The minimum absolute atomic E-state index is 0.0861. The average Bonchev–Trinajstić information content (AvgIpc) is 3.21. The van der Waals surface area contributed by atoms with Crippen LogP contribution >= 0.6 is 0 Å². The van der Waals surface area contributed by atoms with Crippen LogP contribution < -0.4 is 10.5 Å². The highest BCUT2D eigenvalue weighted by atomic mass is 16.1. The molecule has 3 aromatic heterocycles. The second kappa shape index (κ2) is 7.68. The first kappa shape index (κ1) is 18.4. The van der Waals surface area contributed by atoms with Crippen LogP contribution in [0, 0.1) is 6.92 Å². The summed E-state index contributed by atoms with van der Waals surface area (Å²) in [4.78, 5) is 24.3. The first-order valence-electron chi connectivity index (χ1n) is 9.97. The van der Waals surface area contributed by atoms with Gasteiger partial charge in [-0.05, 0) is 37.3 Å². The quantitative estimate of drug-likeness (QED) is 0.553. The number of H-pyrrole nitrogens is 1. The number of rotatable bonds is 4. The van der Waals surface area contributed by atoms with E-state index in [0.29, 0.717) is 23.6 Å². The van der Waals surface area contributed by atoms with Gasteiger partial charge in [-0.1, -0.05) is 12.1 Å². The largest absolute Gasteiger partial charge is 0.353 e. The lowest BCUT2D eigenvalue weighted by Gasteiger charge is -2.34. The normalized spacial score (nSPS) is 15.0. The summed E-state index contributed by atoms with van der Waals surface area (Å²) in [5, 5.41) is 13.7. The maximum atomic E-state index is 12.3. The first-order chi connectivity index (χ1) is 14.7. The molecule has 9 heteroatoms. The van der Waals surface area contributed by atoms with Gasteiger partial charge in [-0.2, -0.15) is 5.10 Å². The van der Waals surface area contributed by atoms with Crippen LogP contribution in [0.1, 0.15) is 11.5 Å². The summed E-state index contributed by atoms with van der Waals surface area (Å²) in [6.45, 7) is 5.97. The maximum Gasteiger partial charge on any atom is 0.258 e. The first-order valence-corrected chi connectivity index (χ1v) is 9.97. The number of aromatic nitrogens is 6. The lowest BCUT2D eigenvalue weighted by Crippen LogP contribution is -2.46. The Morgan fingerprint density at radius 1 is 0.967 bits per heavy atom. The molecule has 1 aliphatic heterocycles. The number of aryl methyl sites for hydroxylation is 1. The van der Waals surface area contributed by atoms with Crippen molar-refractivity contribution >= 4 is 16.7 Å². The Labute approximate surface area is 173 Å². The number of nitrogens with zero attached hydrogens (tertiary/aromatic N) is 7. The van der Waals surface area contributed by atoms with Gasteiger partial charge < -0.3 is 9.88 Å². The van der Waals surface area contributed by atoms with E-state index in [1.165, 1.54) is 0 Å². The van der Waals surface area contributed by atoms with Crippen molar-refractivity contribution in [1.82, 2.24) is 34.8 Å². The number of piperazine rings is 1. The van der Waals surface area contributed by atoms with E-state index in [0.717, 1.165) is 43.2 Å². The van der Waals surface area contributed by atoms with Crippen LogP contribution in [0.2, 0.25) is 0 Å². The van der Waals surface area contributed by atoms with Gasteiger partial charge in [-0.15, -0.1) is 10.2 Å². The van der Waals surface area contributed by atoms with Crippen molar-refractivity contribution in [2.75, 3.05) is 31.1 Å². The third kappa shape index (κ3) is 3.67. The van der Waals surface area contributed by atoms with E-state index in [9.17, 15) is 4.79 Å². The number of anilines is 1. The predicted octanol–water partition coefficient (Wildman–Crippen LogP) is 1.53. The molecule has 1 aromatic carbocycles. The van der Waals surface area contributed by atoms with E-state index < -0.39 is 0 Å². The fourth-order valence-corrected chi connectivity index (χ4v) is 3.71. The molecule has 0 aliphatic carbocycles. The molecule has 1 aliphatic rings. The molecule has 0 bridgehead atoms. The molecule has 1 N–H and O–H groups in total. The maximum absolute atomic E-state index is 12.3. The Bertz CT molecular complexity index is 1220. The Hall–Kier alpha value is -3.59. The number of hydrogen-bond acceptors (Lipinski definition) is 7. The average molecular weight is 402 g/mol. The Kier molecular flexibility index (Phi) is 4.72. The molecule has 152 valence electrons. The minimum atomic E-state index is -0.0861. The van der Waals surface area contributed by atoms with Crippen molar-refractivity contribution in [3.63, 3.8) is 0 Å². The van der Waals surface area contributed by atoms with Gasteiger partial charge in [0.1, 0.15) is 5.82 Å². The molecule has 0 atom stereocenters. The van der Waals surface area contributed by atoms with E-state index in [-0.39, 0.29) is 5.56 Å². The molecule has 0 radical (unpaired) electrons. The zero-order chi connectivity index (χ0) is 20.5. The monoisotopic (exact) mass is 402 g/mol. The Morgan fingerprint density at radius 3 is 2.47 bits per heavy atom. The highest BCUT2D eigenvalue weighted by molar-refractivity contribution is 5.77. The second-order valence-electron chi connectivity index (χ2n) is 7.44. The van der Waals surface area contributed by atoms with Crippen LogP contribution in [0.15, 0.2) is 53.5 Å².